The number of amides is 1. The summed E-state index contributed by atoms with van der Waals surface area (Å²) in [6, 6.07) is 11.6. The van der Waals surface area contributed by atoms with Gasteiger partial charge in [0.25, 0.3) is 5.91 Å². The monoisotopic (exact) mass is 505 g/mol. The number of para-hydroxylation sites is 1. The molecule has 0 fully saturated rings. The van der Waals surface area contributed by atoms with Crippen LogP contribution in [-0.2, 0) is 17.5 Å². The molecule has 11 heteroatoms. The van der Waals surface area contributed by atoms with Gasteiger partial charge in [-0.05, 0) is 56.1 Å². The summed E-state index contributed by atoms with van der Waals surface area (Å²) in [4.78, 5) is 19.7. The van der Waals surface area contributed by atoms with Crippen LogP contribution < -0.4 is 21.3 Å². The summed E-state index contributed by atoms with van der Waals surface area (Å²) < 4.78 is 20.5. The predicted molar refractivity (Wildman–Crippen MR) is 139 cm³/mol. The van der Waals surface area contributed by atoms with Crippen molar-refractivity contribution in [3.05, 3.63) is 59.4 Å². The summed E-state index contributed by atoms with van der Waals surface area (Å²) >= 11 is 0. The summed E-state index contributed by atoms with van der Waals surface area (Å²) in [6.45, 7) is 5.20. The van der Waals surface area contributed by atoms with E-state index in [-0.39, 0.29) is 11.5 Å². The second kappa shape index (κ2) is 9.13. The van der Waals surface area contributed by atoms with E-state index < -0.39 is 13.0 Å². The van der Waals surface area contributed by atoms with Gasteiger partial charge in [0.05, 0.1) is 18.2 Å². The van der Waals surface area contributed by atoms with Crippen molar-refractivity contribution < 1.29 is 14.1 Å². The van der Waals surface area contributed by atoms with E-state index >= 15 is 0 Å². The molecule has 1 amide bonds. The lowest BCUT2D eigenvalue weighted by molar-refractivity contribution is 0.0947. The Morgan fingerprint density at radius 2 is 1.94 bits per heavy atom. The van der Waals surface area contributed by atoms with Crippen LogP contribution in [0.15, 0.2) is 42.6 Å². The van der Waals surface area contributed by atoms with E-state index in [0.29, 0.717) is 22.4 Å². The Morgan fingerprint density at radius 1 is 1.17 bits per heavy atom. The van der Waals surface area contributed by atoms with E-state index in [0.717, 1.165) is 30.4 Å². The van der Waals surface area contributed by atoms with Gasteiger partial charge in [-0.15, -0.1) is 10.2 Å². The van der Waals surface area contributed by atoms with E-state index in [1.54, 1.807) is 31.2 Å². The number of hydrogen-bond donors (Lipinski definition) is 2. The first-order valence-electron chi connectivity index (χ1n) is 11.5. The highest BCUT2D eigenvalue weighted by molar-refractivity contribution is 7.70. The lowest BCUT2D eigenvalue weighted by atomic mass is 9.96. The SMILES string of the molecule is COc1cc2c(cc1-c1nnc(C(=O)NN)c(-n3cc(P(C)(C)=O)c4ccccc43)n1)CN(C)CC2. The number of hydrazine groups is 1. The third kappa shape index (κ3) is 4.17. The van der Waals surface area contributed by atoms with Crippen LogP contribution >= 0.6 is 7.14 Å². The number of nitrogens with two attached hydrogens (primary N) is 1. The molecule has 36 heavy (non-hydrogen) atoms. The van der Waals surface area contributed by atoms with Crippen LogP contribution in [0.25, 0.3) is 28.1 Å². The quantitative estimate of drug-likeness (QED) is 0.183. The van der Waals surface area contributed by atoms with E-state index in [9.17, 15) is 9.36 Å². The Bertz CT molecular complexity index is 1540. The molecule has 0 saturated heterocycles. The van der Waals surface area contributed by atoms with Crippen LogP contribution in [0.4, 0.5) is 0 Å². The number of benzene rings is 2. The van der Waals surface area contributed by atoms with Crippen molar-refractivity contribution in [3.8, 4) is 23.0 Å². The number of carbonyl (C=O) groups excluding carboxylic acids is 1. The van der Waals surface area contributed by atoms with Crippen molar-refractivity contribution in [2.24, 2.45) is 5.84 Å². The second-order valence-electron chi connectivity index (χ2n) is 9.34. The summed E-state index contributed by atoms with van der Waals surface area (Å²) in [5.41, 5.74) is 5.89. The number of rotatable bonds is 5. The minimum Gasteiger partial charge on any atom is -0.496 e. The van der Waals surface area contributed by atoms with Crippen LogP contribution in [0.5, 0.6) is 5.75 Å². The lowest BCUT2D eigenvalue weighted by Gasteiger charge is -2.26. The van der Waals surface area contributed by atoms with Crippen molar-refractivity contribution in [2.45, 2.75) is 13.0 Å². The second-order valence-corrected chi connectivity index (χ2v) is 12.5. The molecule has 0 bridgehead atoms. The van der Waals surface area contributed by atoms with Crippen LogP contribution in [0, 0.1) is 0 Å². The molecular weight excluding hydrogens is 477 g/mol. The number of ether oxygens (including phenoxy) is 1. The van der Waals surface area contributed by atoms with Crippen LogP contribution in [0.3, 0.4) is 0 Å². The Morgan fingerprint density at radius 3 is 2.67 bits per heavy atom. The number of likely N-dealkylation sites (N-methyl/N-ethyl adjacent to an activating group) is 1. The molecule has 0 unspecified atom stereocenters. The average molecular weight is 506 g/mol. The fourth-order valence-corrected chi connectivity index (χ4v) is 5.82. The van der Waals surface area contributed by atoms with Crippen molar-refractivity contribution in [2.75, 3.05) is 34.0 Å². The zero-order valence-electron chi connectivity index (χ0n) is 20.6. The largest absolute Gasteiger partial charge is 0.496 e. The van der Waals surface area contributed by atoms with Crippen molar-refractivity contribution >= 4 is 29.3 Å². The topological polar surface area (TPSA) is 128 Å². The van der Waals surface area contributed by atoms with Gasteiger partial charge in [-0.1, -0.05) is 18.2 Å². The van der Waals surface area contributed by atoms with Gasteiger partial charge in [-0.3, -0.25) is 14.8 Å². The van der Waals surface area contributed by atoms with Gasteiger partial charge in [-0.2, -0.15) is 0 Å². The molecule has 5 rings (SSSR count). The molecule has 4 aromatic rings. The van der Waals surface area contributed by atoms with Crippen molar-refractivity contribution in [1.82, 2.24) is 30.1 Å². The number of nitrogens with one attached hydrogen (secondary N) is 1. The van der Waals surface area contributed by atoms with Crippen LogP contribution in [0.1, 0.15) is 21.6 Å². The maximum Gasteiger partial charge on any atom is 0.289 e. The first-order chi connectivity index (χ1) is 17.2. The Balaban J connectivity index is 1.76. The summed E-state index contributed by atoms with van der Waals surface area (Å²) in [5, 5.41) is 10.0. The highest BCUT2D eigenvalue weighted by Gasteiger charge is 2.26. The van der Waals surface area contributed by atoms with Crippen molar-refractivity contribution in [3.63, 3.8) is 0 Å². The molecule has 0 aliphatic carbocycles. The molecule has 1 aliphatic heterocycles. The minimum absolute atomic E-state index is 0.0488. The lowest BCUT2D eigenvalue weighted by Crippen LogP contribution is -2.32. The highest BCUT2D eigenvalue weighted by Crippen LogP contribution is 2.39. The Kier molecular flexibility index (Phi) is 6.12. The molecule has 3 N–H and O–H groups in total. The molecule has 3 heterocycles. The molecule has 0 saturated carbocycles. The Hall–Kier alpha value is -3.59. The van der Waals surface area contributed by atoms with E-state index in [1.807, 2.05) is 36.4 Å². The number of methoxy groups -OCH3 is 1. The molecule has 2 aromatic carbocycles. The number of nitrogen functional groups attached to an aromatic ring is 1. The zero-order chi connectivity index (χ0) is 25.6. The molecule has 1 aliphatic rings. The zero-order valence-corrected chi connectivity index (χ0v) is 21.5. The third-order valence-corrected chi connectivity index (χ3v) is 8.00. The minimum atomic E-state index is -2.65. The molecule has 0 spiro atoms. The molecule has 186 valence electrons. The van der Waals surface area contributed by atoms with Gasteiger partial charge in [0.2, 0.25) is 0 Å². The summed E-state index contributed by atoms with van der Waals surface area (Å²) in [6.07, 6.45) is 2.68. The number of fused-ring (bicyclic) bond motifs is 2. The maximum atomic E-state index is 13.1. The Labute approximate surface area is 208 Å². The summed E-state index contributed by atoms with van der Waals surface area (Å²) in [5.74, 6) is 5.99. The van der Waals surface area contributed by atoms with Crippen molar-refractivity contribution in [1.29, 1.82) is 0 Å². The number of aromatic nitrogens is 4. The van der Waals surface area contributed by atoms with E-state index in [1.165, 1.54) is 11.1 Å². The van der Waals surface area contributed by atoms with Gasteiger partial charge < -0.3 is 14.2 Å². The van der Waals surface area contributed by atoms with Crippen LogP contribution in [-0.4, -0.2) is 64.6 Å². The predicted octanol–water partition coefficient (Wildman–Crippen LogP) is 2.33. The van der Waals surface area contributed by atoms with Gasteiger partial charge in [-0.25, -0.2) is 10.8 Å². The third-order valence-electron chi connectivity index (χ3n) is 6.48. The summed E-state index contributed by atoms with van der Waals surface area (Å²) in [7, 11) is 1.04. The normalized spacial score (nSPS) is 14.0. The molecule has 2 aromatic heterocycles. The molecular formula is C25H28N7O3P. The van der Waals surface area contributed by atoms with Gasteiger partial charge in [0.15, 0.2) is 17.3 Å². The van der Waals surface area contributed by atoms with Gasteiger partial charge >= 0.3 is 0 Å². The molecule has 0 radical (unpaired) electrons. The average Bonchev–Trinajstić information content (AvgIpc) is 3.27. The number of nitrogens with zero attached hydrogens (tertiary/aromatic N) is 5. The number of carbonyl (C=O) groups is 1. The first-order valence-corrected chi connectivity index (χ1v) is 14.1. The van der Waals surface area contributed by atoms with E-state index in [4.69, 9.17) is 15.6 Å². The maximum absolute atomic E-state index is 13.1. The van der Waals surface area contributed by atoms with E-state index in [2.05, 4.69) is 27.6 Å². The van der Waals surface area contributed by atoms with Gasteiger partial charge in [0.1, 0.15) is 12.9 Å². The highest BCUT2D eigenvalue weighted by atomic mass is 31.2. The fraction of sp³-hybridized carbons (Fsp3) is 0.280. The standard InChI is InChI=1S/C25H28N7O3P/c1-31-10-9-15-12-20(35-2)18(11-16(15)13-31)23-27-24(22(29-30-23)25(33)28-26)32-14-21(36(3,4)34)17-7-5-6-8-19(17)32/h5-8,11-12,14H,9-10,13,26H2,1-4H3,(H,28,33). The first kappa shape index (κ1) is 24.1. The van der Waals surface area contributed by atoms with Crippen LogP contribution in [0.2, 0.25) is 0 Å². The fourth-order valence-electron chi connectivity index (χ4n) is 4.65. The molecule has 0 atom stereocenters. The smallest absolute Gasteiger partial charge is 0.289 e. The number of hydrogen-bond acceptors (Lipinski definition) is 8. The molecule has 10 nitrogen and oxygen atoms in total. The van der Waals surface area contributed by atoms with Gasteiger partial charge in [0, 0.05) is 30.0 Å².